The van der Waals surface area contributed by atoms with Crippen molar-refractivity contribution in [2.75, 3.05) is 5.01 Å². The van der Waals surface area contributed by atoms with Crippen LogP contribution in [-0.4, -0.2) is 30.0 Å². The van der Waals surface area contributed by atoms with Gasteiger partial charge >= 0.3 is 12.3 Å². The monoisotopic (exact) mass is 497 g/mol. The van der Waals surface area contributed by atoms with Crippen molar-refractivity contribution < 1.29 is 32.3 Å². The van der Waals surface area contributed by atoms with Crippen LogP contribution in [0.1, 0.15) is 43.9 Å². The van der Waals surface area contributed by atoms with Gasteiger partial charge < -0.3 is 9.57 Å². The molecule has 11 heteroatoms. The van der Waals surface area contributed by atoms with Gasteiger partial charge in [-0.2, -0.15) is 18.2 Å². The second-order valence-corrected chi connectivity index (χ2v) is 8.57. The normalized spacial score (nSPS) is 17.7. The number of anilines is 1. The molecule has 0 aliphatic carbocycles. The van der Waals surface area contributed by atoms with Crippen LogP contribution in [0, 0.1) is 6.92 Å². The molecule has 2 aromatic carbocycles. The van der Waals surface area contributed by atoms with Crippen LogP contribution in [0.2, 0.25) is 5.02 Å². The molecule has 1 aliphatic heterocycles. The summed E-state index contributed by atoms with van der Waals surface area (Å²) in [6, 6.07) is 10.1. The molecule has 1 unspecified atom stereocenters. The van der Waals surface area contributed by atoms with Crippen LogP contribution in [-0.2, 0) is 20.0 Å². The molecule has 1 heterocycles. The van der Waals surface area contributed by atoms with Crippen molar-refractivity contribution in [3.63, 3.8) is 0 Å². The number of benzene rings is 2. The molecule has 1 aliphatic rings. The van der Waals surface area contributed by atoms with Crippen LogP contribution in [0.4, 0.5) is 23.7 Å². The minimum absolute atomic E-state index is 0.0109. The molecule has 1 atom stereocenters. The fraction of sp³-hybridized carbons (Fsp3) is 0.348. The molecule has 2 amide bonds. The molecule has 1 N–H and O–H groups in total. The largest absolute Gasteiger partial charge is 0.445 e. The zero-order chi connectivity index (χ0) is 25.3. The standard InChI is InChI=1S/C23H23ClF3N3O4/c1-13(2)33-21(32)30(28-15(4)31)19-7-5-6-16(10-19)20-12-22(34-29-20,23(25,26)27)17-8-14(3)9-18(24)11-17/h5-11,13H,12H2,1-4H3,(H,28,31). The minimum atomic E-state index is -4.80. The first-order valence-corrected chi connectivity index (χ1v) is 10.7. The molecule has 3 rings (SSSR count). The van der Waals surface area contributed by atoms with E-state index in [1.807, 2.05) is 0 Å². The van der Waals surface area contributed by atoms with Gasteiger partial charge in [-0.25, -0.2) is 4.79 Å². The topological polar surface area (TPSA) is 80.2 Å². The van der Waals surface area contributed by atoms with E-state index in [-0.39, 0.29) is 27.5 Å². The average molecular weight is 498 g/mol. The molecule has 0 aromatic heterocycles. The van der Waals surface area contributed by atoms with Crippen molar-refractivity contribution in [2.45, 2.75) is 52.0 Å². The van der Waals surface area contributed by atoms with Gasteiger partial charge in [0.25, 0.3) is 5.60 Å². The van der Waals surface area contributed by atoms with Crippen molar-refractivity contribution in [3.05, 3.63) is 64.2 Å². The Hall–Kier alpha value is -3.27. The molecule has 34 heavy (non-hydrogen) atoms. The van der Waals surface area contributed by atoms with Gasteiger partial charge in [0.15, 0.2) is 0 Å². The second kappa shape index (κ2) is 9.54. The first-order chi connectivity index (χ1) is 15.8. The Kier molecular flexibility index (Phi) is 7.11. The number of amides is 2. The molecule has 0 fully saturated rings. The molecule has 2 aromatic rings. The summed E-state index contributed by atoms with van der Waals surface area (Å²) in [6.07, 6.45) is -6.73. The number of aryl methyl sites for hydroxylation is 1. The van der Waals surface area contributed by atoms with Gasteiger partial charge in [-0.3, -0.25) is 10.2 Å². The van der Waals surface area contributed by atoms with Gasteiger partial charge in [0, 0.05) is 29.5 Å². The summed E-state index contributed by atoms with van der Waals surface area (Å²) < 4.78 is 48.0. The van der Waals surface area contributed by atoms with Crippen molar-refractivity contribution >= 4 is 35.0 Å². The lowest BCUT2D eigenvalue weighted by molar-refractivity contribution is -0.275. The SMILES string of the molecule is CC(=O)NN(C(=O)OC(C)C)c1cccc(C2=NOC(c3cc(C)cc(Cl)c3)(C(F)(F)F)C2)c1. The zero-order valence-electron chi connectivity index (χ0n) is 18.9. The summed E-state index contributed by atoms with van der Waals surface area (Å²) in [7, 11) is 0. The van der Waals surface area contributed by atoms with Crippen LogP contribution >= 0.6 is 11.6 Å². The van der Waals surface area contributed by atoms with Gasteiger partial charge in [0.2, 0.25) is 5.91 Å². The number of hydrogen-bond donors (Lipinski definition) is 1. The predicted molar refractivity (Wildman–Crippen MR) is 121 cm³/mol. The van der Waals surface area contributed by atoms with Crippen LogP contribution in [0.25, 0.3) is 0 Å². The summed E-state index contributed by atoms with van der Waals surface area (Å²) in [5.41, 5.74) is 0.461. The Morgan fingerprint density at radius 2 is 1.94 bits per heavy atom. The number of oxime groups is 1. The third-order valence-corrected chi connectivity index (χ3v) is 5.14. The second-order valence-electron chi connectivity index (χ2n) is 8.13. The van der Waals surface area contributed by atoms with E-state index in [1.54, 1.807) is 26.8 Å². The molecular weight excluding hydrogens is 475 g/mol. The maximum atomic E-state index is 14.3. The number of nitrogens with zero attached hydrogens (tertiary/aromatic N) is 2. The van der Waals surface area contributed by atoms with Crippen LogP contribution < -0.4 is 10.4 Å². The number of hydrazine groups is 1. The number of hydrogen-bond acceptors (Lipinski definition) is 5. The van der Waals surface area contributed by atoms with Crippen molar-refractivity contribution in [1.29, 1.82) is 0 Å². The smallest absolute Gasteiger partial charge is 0.435 e. The molecule has 0 radical (unpaired) electrons. The Morgan fingerprint density at radius 3 is 2.53 bits per heavy atom. The number of carbonyl (C=O) groups is 2. The maximum Gasteiger partial charge on any atom is 0.435 e. The van der Waals surface area contributed by atoms with E-state index in [1.165, 1.54) is 43.3 Å². The van der Waals surface area contributed by atoms with Crippen molar-refractivity contribution in [3.8, 4) is 0 Å². The van der Waals surface area contributed by atoms with E-state index in [9.17, 15) is 22.8 Å². The molecule has 0 saturated heterocycles. The summed E-state index contributed by atoms with van der Waals surface area (Å²) in [6.45, 7) is 6.11. The highest BCUT2D eigenvalue weighted by atomic mass is 35.5. The Balaban J connectivity index is 1.98. The lowest BCUT2D eigenvalue weighted by Gasteiger charge is -2.30. The quantitative estimate of drug-likeness (QED) is 0.555. The molecule has 7 nitrogen and oxygen atoms in total. The molecular formula is C23H23ClF3N3O4. The number of ether oxygens (including phenoxy) is 1. The lowest BCUT2D eigenvalue weighted by atomic mass is 9.86. The van der Waals surface area contributed by atoms with Crippen molar-refractivity contribution in [1.82, 2.24) is 5.43 Å². The molecule has 0 spiro atoms. The van der Waals surface area contributed by atoms with E-state index < -0.39 is 36.3 Å². The fourth-order valence-electron chi connectivity index (χ4n) is 3.48. The third kappa shape index (κ3) is 5.27. The summed E-state index contributed by atoms with van der Waals surface area (Å²) in [4.78, 5) is 29.2. The average Bonchev–Trinajstić information content (AvgIpc) is 3.18. The van der Waals surface area contributed by atoms with Gasteiger partial charge in [-0.15, -0.1) is 0 Å². The van der Waals surface area contributed by atoms with Crippen LogP contribution in [0.3, 0.4) is 0 Å². The number of alkyl halides is 3. The fourth-order valence-corrected chi connectivity index (χ4v) is 3.77. The van der Waals surface area contributed by atoms with Gasteiger partial charge in [-0.05, 0) is 50.6 Å². The Labute approximate surface area is 199 Å². The number of halogens is 4. The molecule has 182 valence electrons. The Bertz CT molecular complexity index is 1120. The number of nitrogens with one attached hydrogen (secondary N) is 1. The summed E-state index contributed by atoms with van der Waals surface area (Å²) in [5.74, 6) is -0.542. The van der Waals surface area contributed by atoms with E-state index in [4.69, 9.17) is 21.2 Å². The van der Waals surface area contributed by atoms with Gasteiger partial charge in [0.05, 0.1) is 17.5 Å². The lowest BCUT2D eigenvalue weighted by Crippen LogP contribution is -2.46. The highest BCUT2D eigenvalue weighted by molar-refractivity contribution is 6.30. The number of rotatable bonds is 4. The summed E-state index contributed by atoms with van der Waals surface area (Å²) >= 11 is 6.01. The molecule has 0 saturated carbocycles. The van der Waals surface area contributed by atoms with Crippen LogP contribution in [0.5, 0.6) is 0 Å². The third-order valence-electron chi connectivity index (χ3n) is 4.92. The van der Waals surface area contributed by atoms with Crippen LogP contribution in [0.15, 0.2) is 47.6 Å². The zero-order valence-corrected chi connectivity index (χ0v) is 19.6. The van der Waals surface area contributed by atoms with E-state index in [0.29, 0.717) is 5.56 Å². The minimum Gasteiger partial charge on any atom is -0.445 e. The first-order valence-electron chi connectivity index (χ1n) is 10.3. The number of carbonyl (C=O) groups excluding carboxylic acids is 2. The van der Waals surface area contributed by atoms with Crippen molar-refractivity contribution in [2.24, 2.45) is 5.16 Å². The molecule has 0 bridgehead atoms. The first kappa shape index (κ1) is 25.4. The maximum absolute atomic E-state index is 14.3. The van der Waals surface area contributed by atoms with E-state index in [0.717, 1.165) is 5.01 Å². The van der Waals surface area contributed by atoms with Gasteiger partial charge in [0.1, 0.15) is 0 Å². The van der Waals surface area contributed by atoms with E-state index >= 15 is 0 Å². The predicted octanol–water partition coefficient (Wildman–Crippen LogP) is 5.63. The highest BCUT2D eigenvalue weighted by Crippen LogP contribution is 2.49. The highest BCUT2D eigenvalue weighted by Gasteiger charge is 2.62. The Morgan fingerprint density at radius 1 is 1.24 bits per heavy atom. The van der Waals surface area contributed by atoms with Gasteiger partial charge in [-0.1, -0.05) is 35.0 Å². The van der Waals surface area contributed by atoms with E-state index in [2.05, 4.69) is 10.6 Å². The summed E-state index contributed by atoms with van der Waals surface area (Å²) in [5, 5.41) is 4.77.